The highest BCUT2D eigenvalue weighted by molar-refractivity contribution is 5.85. The maximum Gasteiger partial charge on any atom is 0.321 e. The van der Waals surface area contributed by atoms with E-state index in [1.54, 1.807) is 18.3 Å². The van der Waals surface area contributed by atoms with Crippen molar-refractivity contribution < 1.29 is 14.8 Å². The van der Waals surface area contributed by atoms with E-state index in [2.05, 4.69) is 4.98 Å². The molecule has 4 N–H and O–H groups in total. The summed E-state index contributed by atoms with van der Waals surface area (Å²) in [7, 11) is 0. The minimum Gasteiger partial charge on any atom is -0.480 e. The molecule has 2 aromatic carbocycles. The van der Waals surface area contributed by atoms with Crippen LogP contribution in [-0.4, -0.2) is 27.0 Å². The lowest BCUT2D eigenvalue weighted by atomic mass is 9.86. The fraction of sp³-hybridized carbons (Fsp3) is 0.167. The third kappa shape index (κ3) is 3.36. The standard InChI is InChI=1S/C18H17N3O4/c19-17(18(22)23)14(9-11-5-7-12(8-6-11)21(24)25)15-10-20-16-4-2-1-3-13(15)16/h1-8,10,14,17,20H,9,19H2,(H,22,23). The Morgan fingerprint density at radius 2 is 1.88 bits per heavy atom. The molecular weight excluding hydrogens is 322 g/mol. The number of hydrogen-bond acceptors (Lipinski definition) is 4. The van der Waals surface area contributed by atoms with Crippen molar-refractivity contribution in [1.82, 2.24) is 4.98 Å². The predicted molar refractivity (Wildman–Crippen MR) is 93.5 cm³/mol. The van der Waals surface area contributed by atoms with Gasteiger partial charge in [-0.05, 0) is 23.6 Å². The van der Waals surface area contributed by atoms with E-state index >= 15 is 0 Å². The second-order valence-corrected chi connectivity index (χ2v) is 5.89. The van der Waals surface area contributed by atoms with Crippen LogP contribution >= 0.6 is 0 Å². The van der Waals surface area contributed by atoms with Crippen LogP contribution in [0, 0.1) is 10.1 Å². The van der Waals surface area contributed by atoms with Crippen LogP contribution < -0.4 is 5.73 Å². The average Bonchev–Trinajstić information content (AvgIpc) is 3.03. The Kier molecular flexibility index (Phi) is 4.49. The third-order valence-electron chi connectivity index (χ3n) is 4.34. The number of fused-ring (bicyclic) bond motifs is 1. The lowest BCUT2D eigenvalue weighted by Crippen LogP contribution is -2.37. The van der Waals surface area contributed by atoms with Crippen molar-refractivity contribution in [3.63, 3.8) is 0 Å². The molecule has 2 atom stereocenters. The molecule has 0 fully saturated rings. The number of rotatable bonds is 6. The van der Waals surface area contributed by atoms with E-state index in [-0.39, 0.29) is 5.69 Å². The van der Waals surface area contributed by atoms with Gasteiger partial charge in [0, 0.05) is 35.2 Å². The molecule has 0 spiro atoms. The number of hydrogen-bond donors (Lipinski definition) is 3. The number of aromatic nitrogens is 1. The summed E-state index contributed by atoms with van der Waals surface area (Å²) in [5.74, 6) is -1.55. The molecule has 0 amide bonds. The zero-order valence-corrected chi connectivity index (χ0v) is 13.3. The highest BCUT2D eigenvalue weighted by Gasteiger charge is 2.28. The fourth-order valence-electron chi connectivity index (χ4n) is 3.01. The summed E-state index contributed by atoms with van der Waals surface area (Å²) in [4.78, 5) is 24.9. The summed E-state index contributed by atoms with van der Waals surface area (Å²) in [6.45, 7) is 0. The summed E-state index contributed by atoms with van der Waals surface area (Å²) in [5, 5.41) is 21.1. The Morgan fingerprint density at radius 1 is 1.20 bits per heavy atom. The zero-order valence-electron chi connectivity index (χ0n) is 13.3. The van der Waals surface area contributed by atoms with Crippen molar-refractivity contribution in [3.05, 3.63) is 76.0 Å². The molecular formula is C18H17N3O4. The van der Waals surface area contributed by atoms with Gasteiger partial charge in [-0.1, -0.05) is 30.3 Å². The first-order valence-electron chi connectivity index (χ1n) is 7.75. The van der Waals surface area contributed by atoms with Gasteiger partial charge >= 0.3 is 5.97 Å². The molecule has 1 aromatic heterocycles. The van der Waals surface area contributed by atoms with Crippen molar-refractivity contribution in [2.45, 2.75) is 18.4 Å². The van der Waals surface area contributed by atoms with Crippen molar-refractivity contribution in [1.29, 1.82) is 0 Å². The molecule has 128 valence electrons. The van der Waals surface area contributed by atoms with Crippen molar-refractivity contribution in [2.75, 3.05) is 0 Å². The van der Waals surface area contributed by atoms with E-state index in [1.165, 1.54) is 12.1 Å². The van der Waals surface area contributed by atoms with Crippen LogP contribution in [0.1, 0.15) is 17.0 Å². The normalized spacial score (nSPS) is 13.5. The lowest BCUT2D eigenvalue weighted by molar-refractivity contribution is -0.384. The molecule has 0 aliphatic carbocycles. The molecule has 7 heteroatoms. The Labute approximate surface area is 143 Å². The topological polar surface area (TPSA) is 122 Å². The number of non-ortho nitro benzene ring substituents is 1. The minimum atomic E-state index is -1.09. The number of carboxylic acid groups (broad SMARTS) is 1. The number of carbonyl (C=O) groups is 1. The van der Waals surface area contributed by atoms with E-state index in [4.69, 9.17) is 5.73 Å². The number of nitro groups is 1. The van der Waals surface area contributed by atoms with Gasteiger partial charge in [-0.15, -0.1) is 0 Å². The second kappa shape index (κ2) is 6.74. The maximum atomic E-state index is 11.5. The van der Waals surface area contributed by atoms with Gasteiger partial charge in [-0.3, -0.25) is 14.9 Å². The fourth-order valence-corrected chi connectivity index (χ4v) is 3.01. The predicted octanol–water partition coefficient (Wildman–Crippen LogP) is 2.81. The van der Waals surface area contributed by atoms with Crippen LogP contribution in [-0.2, 0) is 11.2 Å². The Balaban J connectivity index is 1.98. The van der Waals surface area contributed by atoms with E-state index in [1.807, 2.05) is 24.3 Å². The molecule has 7 nitrogen and oxygen atoms in total. The number of aromatic amines is 1. The number of H-pyrrole nitrogens is 1. The molecule has 25 heavy (non-hydrogen) atoms. The summed E-state index contributed by atoms with van der Waals surface area (Å²) in [5.41, 5.74) is 8.46. The summed E-state index contributed by atoms with van der Waals surface area (Å²) < 4.78 is 0. The summed E-state index contributed by atoms with van der Waals surface area (Å²) in [6.07, 6.45) is 2.15. The lowest BCUT2D eigenvalue weighted by Gasteiger charge is -2.21. The van der Waals surface area contributed by atoms with Crippen molar-refractivity contribution >= 4 is 22.6 Å². The number of nitrogens with one attached hydrogen (secondary N) is 1. The number of aliphatic carboxylic acids is 1. The maximum absolute atomic E-state index is 11.5. The summed E-state index contributed by atoms with van der Waals surface area (Å²) >= 11 is 0. The number of nitrogens with two attached hydrogens (primary N) is 1. The Hall–Kier alpha value is -3.19. The van der Waals surface area contributed by atoms with E-state index in [0.717, 1.165) is 22.0 Å². The van der Waals surface area contributed by atoms with Gasteiger partial charge in [0.25, 0.3) is 5.69 Å². The van der Waals surface area contributed by atoms with Crippen LogP contribution in [0.15, 0.2) is 54.7 Å². The van der Waals surface area contributed by atoms with Gasteiger partial charge in [-0.2, -0.15) is 0 Å². The van der Waals surface area contributed by atoms with Crippen LogP contribution in [0.5, 0.6) is 0 Å². The smallest absolute Gasteiger partial charge is 0.321 e. The van der Waals surface area contributed by atoms with Crippen molar-refractivity contribution in [3.8, 4) is 0 Å². The number of benzene rings is 2. The van der Waals surface area contributed by atoms with Crippen LogP contribution in [0.25, 0.3) is 10.9 Å². The highest BCUT2D eigenvalue weighted by atomic mass is 16.6. The van der Waals surface area contributed by atoms with E-state index < -0.39 is 22.9 Å². The Morgan fingerprint density at radius 3 is 2.52 bits per heavy atom. The third-order valence-corrected chi connectivity index (χ3v) is 4.34. The summed E-state index contributed by atoms with van der Waals surface area (Å²) in [6, 6.07) is 12.6. The van der Waals surface area contributed by atoms with Gasteiger partial charge < -0.3 is 15.8 Å². The van der Waals surface area contributed by atoms with Crippen LogP contribution in [0.3, 0.4) is 0 Å². The largest absolute Gasteiger partial charge is 0.480 e. The first kappa shape index (κ1) is 16.7. The van der Waals surface area contributed by atoms with E-state index in [0.29, 0.717) is 6.42 Å². The van der Waals surface area contributed by atoms with Crippen LogP contribution in [0.2, 0.25) is 0 Å². The number of para-hydroxylation sites is 1. The molecule has 0 radical (unpaired) electrons. The Bertz CT molecular complexity index is 917. The zero-order chi connectivity index (χ0) is 18.0. The molecule has 3 rings (SSSR count). The van der Waals surface area contributed by atoms with Gasteiger partial charge in [0.2, 0.25) is 0 Å². The average molecular weight is 339 g/mol. The molecule has 0 aliphatic rings. The number of carboxylic acids is 1. The molecule has 0 saturated heterocycles. The first-order chi connectivity index (χ1) is 12.0. The highest BCUT2D eigenvalue weighted by Crippen LogP contribution is 2.30. The molecule has 0 bridgehead atoms. The monoisotopic (exact) mass is 339 g/mol. The first-order valence-corrected chi connectivity index (χ1v) is 7.75. The van der Waals surface area contributed by atoms with Crippen LogP contribution in [0.4, 0.5) is 5.69 Å². The molecule has 3 aromatic rings. The SMILES string of the molecule is NC(C(=O)O)C(Cc1ccc([N+](=O)[O-])cc1)c1c[nH]c2ccccc12. The number of nitrogens with zero attached hydrogens (tertiary/aromatic N) is 1. The number of nitro benzene ring substituents is 1. The quantitative estimate of drug-likeness (QED) is 0.471. The van der Waals surface area contributed by atoms with Crippen molar-refractivity contribution in [2.24, 2.45) is 5.73 Å². The molecule has 1 heterocycles. The molecule has 0 aliphatic heterocycles. The van der Waals surface area contributed by atoms with Gasteiger partial charge in [0.15, 0.2) is 0 Å². The van der Waals surface area contributed by atoms with E-state index in [9.17, 15) is 20.0 Å². The molecule has 2 unspecified atom stereocenters. The van der Waals surface area contributed by atoms with Gasteiger partial charge in [-0.25, -0.2) is 0 Å². The van der Waals surface area contributed by atoms with Gasteiger partial charge in [0.05, 0.1) is 4.92 Å². The second-order valence-electron chi connectivity index (χ2n) is 5.89. The molecule has 0 saturated carbocycles. The minimum absolute atomic E-state index is 0.00470. The van der Waals surface area contributed by atoms with Gasteiger partial charge in [0.1, 0.15) is 6.04 Å².